The Morgan fingerprint density at radius 1 is 0.368 bits per heavy atom. The second kappa shape index (κ2) is 8.26. The van der Waals surface area contributed by atoms with E-state index in [2.05, 4.69) is 140 Å². The van der Waals surface area contributed by atoms with Gasteiger partial charge in [0, 0.05) is 21.7 Å². The molecule has 0 atom stereocenters. The van der Waals surface area contributed by atoms with Crippen molar-refractivity contribution in [1.82, 2.24) is 4.98 Å². The molecule has 1 heteroatoms. The second-order valence-electron chi connectivity index (χ2n) is 9.96. The van der Waals surface area contributed by atoms with Crippen molar-refractivity contribution in [3.05, 3.63) is 140 Å². The van der Waals surface area contributed by atoms with Gasteiger partial charge in [-0.05, 0) is 61.6 Å². The molecular formula is C37H23N. The molecule has 0 fully saturated rings. The van der Waals surface area contributed by atoms with Gasteiger partial charge in [-0.2, -0.15) is 0 Å². The van der Waals surface area contributed by atoms with Gasteiger partial charge in [-0.3, -0.25) is 0 Å². The van der Waals surface area contributed by atoms with E-state index in [0.717, 1.165) is 16.8 Å². The van der Waals surface area contributed by atoms with Gasteiger partial charge < -0.3 is 0 Å². The molecule has 8 aromatic rings. The highest BCUT2D eigenvalue weighted by Gasteiger charge is 2.14. The zero-order valence-electron chi connectivity index (χ0n) is 20.7. The molecule has 1 nitrogen and oxygen atoms in total. The Bertz CT molecular complexity index is 2170. The van der Waals surface area contributed by atoms with Crippen LogP contribution in [0.5, 0.6) is 0 Å². The van der Waals surface area contributed by atoms with Gasteiger partial charge in [-0.25, -0.2) is 4.98 Å². The zero-order valence-corrected chi connectivity index (χ0v) is 20.7. The monoisotopic (exact) mass is 481 g/mol. The Balaban J connectivity index is 1.43. The van der Waals surface area contributed by atoms with E-state index in [4.69, 9.17) is 4.98 Å². The first-order valence-electron chi connectivity index (χ1n) is 13.1. The minimum Gasteiger partial charge on any atom is -0.247 e. The van der Waals surface area contributed by atoms with Crippen molar-refractivity contribution in [2.24, 2.45) is 0 Å². The van der Waals surface area contributed by atoms with Gasteiger partial charge in [0.2, 0.25) is 0 Å². The highest BCUT2D eigenvalue weighted by Crippen LogP contribution is 2.39. The summed E-state index contributed by atoms with van der Waals surface area (Å²) in [5.74, 6) is 0. The van der Waals surface area contributed by atoms with Crippen LogP contribution in [0.25, 0.3) is 76.4 Å². The fraction of sp³-hybridized carbons (Fsp3) is 0. The van der Waals surface area contributed by atoms with Gasteiger partial charge >= 0.3 is 0 Å². The van der Waals surface area contributed by atoms with Crippen LogP contribution in [0.3, 0.4) is 0 Å². The van der Waals surface area contributed by atoms with Gasteiger partial charge in [0.1, 0.15) is 0 Å². The number of para-hydroxylation sites is 1. The summed E-state index contributed by atoms with van der Waals surface area (Å²) in [6, 6.07) is 50.2. The minimum atomic E-state index is 1.02. The lowest BCUT2D eigenvalue weighted by Crippen LogP contribution is -1.91. The number of nitrogens with zero attached hydrogens (tertiary/aromatic N) is 1. The molecular weight excluding hydrogens is 458 g/mol. The number of fused-ring (bicyclic) bond motifs is 8. The van der Waals surface area contributed by atoms with Crippen molar-refractivity contribution < 1.29 is 0 Å². The topological polar surface area (TPSA) is 12.9 Å². The first-order valence-corrected chi connectivity index (χ1v) is 13.1. The molecule has 0 saturated carbocycles. The second-order valence-corrected chi connectivity index (χ2v) is 9.96. The number of hydrogen-bond donors (Lipinski definition) is 0. The molecule has 0 saturated heterocycles. The summed E-state index contributed by atoms with van der Waals surface area (Å²) < 4.78 is 0. The SMILES string of the molecule is c1cc(-c2cc3ccccc3c3ccccc23)cc(-c2nc3ccccc3c3c2ccc2ccccc23)c1. The summed E-state index contributed by atoms with van der Waals surface area (Å²) in [6.45, 7) is 0. The Kier molecular flexibility index (Phi) is 4.59. The molecule has 0 bridgehead atoms. The van der Waals surface area contributed by atoms with Crippen LogP contribution in [0, 0.1) is 0 Å². The van der Waals surface area contributed by atoms with E-state index in [1.807, 2.05) is 0 Å². The van der Waals surface area contributed by atoms with Gasteiger partial charge in [-0.1, -0.05) is 121 Å². The molecule has 0 amide bonds. The maximum Gasteiger partial charge on any atom is 0.0788 e. The first-order chi connectivity index (χ1) is 18.8. The van der Waals surface area contributed by atoms with Gasteiger partial charge in [0.05, 0.1) is 11.2 Å². The molecule has 0 spiro atoms. The fourth-order valence-electron chi connectivity index (χ4n) is 6.07. The van der Waals surface area contributed by atoms with E-state index in [1.165, 1.54) is 59.6 Å². The van der Waals surface area contributed by atoms with E-state index in [0.29, 0.717) is 0 Å². The van der Waals surface area contributed by atoms with Crippen LogP contribution in [0.2, 0.25) is 0 Å². The highest BCUT2D eigenvalue weighted by molar-refractivity contribution is 6.22. The zero-order chi connectivity index (χ0) is 25.1. The number of benzene rings is 7. The predicted octanol–water partition coefficient (Wildman–Crippen LogP) is 10.2. The average molecular weight is 482 g/mol. The largest absolute Gasteiger partial charge is 0.247 e. The van der Waals surface area contributed by atoms with E-state index in [-0.39, 0.29) is 0 Å². The number of hydrogen-bond acceptors (Lipinski definition) is 1. The third kappa shape index (κ3) is 3.16. The quantitative estimate of drug-likeness (QED) is 0.224. The lowest BCUT2D eigenvalue weighted by Gasteiger charge is -2.14. The lowest BCUT2D eigenvalue weighted by atomic mass is 9.91. The molecule has 0 radical (unpaired) electrons. The normalized spacial score (nSPS) is 11.7. The van der Waals surface area contributed by atoms with Crippen LogP contribution >= 0.6 is 0 Å². The smallest absolute Gasteiger partial charge is 0.0788 e. The first kappa shape index (κ1) is 21.1. The van der Waals surface area contributed by atoms with Crippen LogP contribution in [-0.2, 0) is 0 Å². The lowest BCUT2D eigenvalue weighted by molar-refractivity contribution is 1.43. The maximum absolute atomic E-state index is 5.23. The molecule has 0 aliphatic heterocycles. The van der Waals surface area contributed by atoms with E-state index < -0.39 is 0 Å². The molecule has 7 aromatic carbocycles. The number of rotatable bonds is 2. The van der Waals surface area contributed by atoms with Crippen LogP contribution < -0.4 is 0 Å². The van der Waals surface area contributed by atoms with Gasteiger partial charge in [0.15, 0.2) is 0 Å². The standard InChI is InChI=1S/C37H23N/c1-4-15-29-24(10-1)20-21-33-36(29)32-18-7-8-19-35(32)38-37(33)27-13-9-12-25(22-27)34-23-26-11-2-3-14-28(26)30-16-5-6-17-31(30)34/h1-23H. The summed E-state index contributed by atoms with van der Waals surface area (Å²) in [5.41, 5.74) is 5.63. The van der Waals surface area contributed by atoms with E-state index in [9.17, 15) is 0 Å². The summed E-state index contributed by atoms with van der Waals surface area (Å²) in [5, 5.41) is 11.3. The molecule has 0 N–H and O–H groups in total. The third-order valence-electron chi connectivity index (χ3n) is 7.80. The Hall–Kier alpha value is -5.01. The molecule has 0 aliphatic carbocycles. The van der Waals surface area contributed by atoms with Crippen molar-refractivity contribution in [2.45, 2.75) is 0 Å². The summed E-state index contributed by atoms with van der Waals surface area (Å²) in [4.78, 5) is 5.23. The third-order valence-corrected chi connectivity index (χ3v) is 7.80. The maximum atomic E-state index is 5.23. The highest BCUT2D eigenvalue weighted by atomic mass is 14.7. The summed E-state index contributed by atoms with van der Waals surface area (Å²) in [7, 11) is 0. The van der Waals surface area contributed by atoms with Gasteiger partial charge in [0.25, 0.3) is 0 Å². The molecule has 38 heavy (non-hydrogen) atoms. The Morgan fingerprint density at radius 3 is 1.89 bits per heavy atom. The molecule has 8 rings (SSSR count). The Morgan fingerprint density at radius 2 is 1.03 bits per heavy atom. The van der Waals surface area contributed by atoms with E-state index in [1.54, 1.807) is 0 Å². The number of pyridine rings is 1. The van der Waals surface area contributed by atoms with Crippen LogP contribution in [0.4, 0.5) is 0 Å². The number of aromatic nitrogens is 1. The molecule has 0 aliphatic rings. The molecule has 0 unspecified atom stereocenters. The minimum absolute atomic E-state index is 1.02. The Labute approximate surface area is 220 Å². The van der Waals surface area contributed by atoms with Crippen LogP contribution in [0.1, 0.15) is 0 Å². The van der Waals surface area contributed by atoms with Crippen molar-refractivity contribution >= 4 is 54.0 Å². The van der Waals surface area contributed by atoms with E-state index >= 15 is 0 Å². The van der Waals surface area contributed by atoms with Crippen molar-refractivity contribution in [3.63, 3.8) is 0 Å². The van der Waals surface area contributed by atoms with Crippen molar-refractivity contribution in [2.75, 3.05) is 0 Å². The summed E-state index contributed by atoms with van der Waals surface area (Å²) >= 11 is 0. The predicted molar refractivity (Wildman–Crippen MR) is 163 cm³/mol. The van der Waals surface area contributed by atoms with Crippen molar-refractivity contribution in [1.29, 1.82) is 0 Å². The summed E-state index contributed by atoms with van der Waals surface area (Å²) in [6.07, 6.45) is 0. The van der Waals surface area contributed by atoms with Crippen molar-refractivity contribution in [3.8, 4) is 22.4 Å². The van der Waals surface area contributed by atoms with Crippen LogP contribution in [-0.4, -0.2) is 4.98 Å². The van der Waals surface area contributed by atoms with Gasteiger partial charge in [-0.15, -0.1) is 0 Å². The fourth-order valence-corrected chi connectivity index (χ4v) is 6.07. The molecule has 1 heterocycles. The average Bonchev–Trinajstić information content (AvgIpc) is 3.00. The van der Waals surface area contributed by atoms with Crippen LogP contribution in [0.15, 0.2) is 140 Å². The molecule has 176 valence electrons. The molecule has 1 aromatic heterocycles.